The van der Waals surface area contributed by atoms with Gasteiger partial charge in [-0.2, -0.15) is 0 Å². The highest BCUT2D eigenvalue weighted by Crippen LogP contribution is 2.37. The van der Waals surface area contributed by atoms with Crippen molar-refractivity contribution in [2.24, 2.45) is 11.1 Å². The Morgan fingerprint density at radius 1 is 1.38 bits per heavy atom. The number of nitrogens with two attached hydrogens (primary N) is 1. The minimum absolute atomic E-state index is 0.00772. The molecule has 3 atom stereocenters. The SMILES string of the molecule is CCC(C)(CC)CC1NCC(c2cccc(Cl)c2F)C1N. The molecule has 1 aromatic carbocycles. The standard InChI is InChI=1S/C17H26ClFN2/c1-4-17(3,5-2)9-14-16(20)12(10-21-14)11-7-6-8-13(18)15(11)19/h6-8,12,14,16,21H,4-5,9-10,20H2,1-3H3. The fourth-order valence-electron chi connectivity index (χ4n) is 3.23. The van der Waals surface area contributed by atoms with Crippen LogP contribution in [0.4, 0.5) is 4.39 Å². The van der Waals surface area contributed by atoms with Gasteiger partial charge in [-0.3, -0.25) is 0 Å². The molecule has 0 spiro atoms. The average Bonchev–Trinajstić information content (AvgIpc) is 2.83. The minimum Gasteiger partial charge on any atom is -0.326 e. The zero-order chi connectivity index (χ0) is 15.6. The molecular formula is C17H26ClFN2. The van der Waals surface area contributed by atoms with Crippen LogP contribution in [-0.4, -0.2) is 18.6 Å². The van der Waals surface area contributed by atoms with E-state index >= 15 is 0 Å². The van der Waals surface area contributed by atoms with Gasteiger partial charge in [0, 0.05) is 24.5 Å². The third kappa shape index (κ3) is 3.41. The Morgan fingerprint density at radius 2 is 2.05 bits per heavy atom. The molecule has 3 N–H and O–H groups in total. The average molecular weight is 313 g/mol. The van der Waals surface area contributed by atoms with E-state index in [1.165, 1.54) is 0 Å². The van der Waals surface area contributed by atoms with Gasteiger partial charge in [0.2, 0.25) is 0 Å². The maximum absolute atomic E-state index is 14.2. The van der Waals surface area contributed by atoms with Crippen molar-refractivity contribution >= 4 is 11.6 Å². The van der Waals surface area contributed by atoms with Crippen molar-refractivity contribution in [2.45, 2.75) is 58.0 Å². The molecule has 4 heteroatoms. The molecule has 1 aliphatic heterocycles. The van der Waals surface area contributed by atoms with Crippen molar-refractivity contribution in [3.05, 3.63) is 34.6 Å². The predicted molar refractivity (Wildman–Crippen MR) is 87.2 cm³/mol. The molecule has 0 saturated carbocycles. The van der Waals surface area contributed by atoms with Crippen LogP contribution in [0.3, 0.4) is 0 Å². The van der Waals surface area contributed by atoms with E-state index in [1.807, 2.05) is 0 Å². The molecular weight excluding hydrogens is 287 g/mol. The molecule has 2 rings (SSSR count). The van der Waals surface area contributed by atoms with Gasteiger partial charge < -0.3 is 11.1 Å². The first-order valence-electron chi connectivity index (χ1n) is 7.84. The molecule has 3 unspecified atom stereocenters. The molecule has 1 heterocycles. The van der Waals surface area contributed by atoms with E-state index in [4.69, 9.17) is 17.3 Å². The van der Waals surface area contributed by atoms with Crippen molar-refractivity contribution in [1.29, 1.82) is 0 Å². The normalized spacial score (nSPS) is 26.3. The quantitative estimate of drug-likeness (QED) is 0.860. The van der Waals surface area contributed by atoms with E-state index in [0.717, 1.165) is 19.3 Å². The fourth-order valence-corrected chi connectivity index (χ4v) is 3.41. The van der Waals surface area contributed by atoms with Gasteiger partial charge in [0.25, 0.3) is 0 Å². The summed E-state index contributed by atoms with van der Waals surface area (Å²) < 4.78 is 14.2. The lowest BCUT2D eigenvalue weighted by Crippen LogP contribution is -2.41. The van der Waals surface area contributed by atoms with Gasteiger partial charge in [-0.25, -0.2) is 4.39 Å². The number of hydrogen-bond acceptors (Lipinski definition) is 2. The van der Waals surface area contributed by atoms with E-state index in [-0.39, 0.29) is 34.3 Å². The first-order chi connectivity index (χ1) is 9.91. The molecule has 1 aromatic rings. The second-order valence-electron chi connectivity index (χ2n) is 6.56. The lowest BCUT2D eigenvalue weighted by molar-refractivity contribution is 0.234. The number of benzene rings is 1. The fraction of sp³-hybridized carbons (Fsp3) is 0.647. The van der Waals surface area contributed by atoms with Crippen molar-refractivity contribution in [1.82, 2.24) is 5.32 Å². The first kappa shape index (κ1) is 16.7. The molecule has 2 nitrogen and oxygen atoms in total. The Bertz CT molecular complexity index is 488. The predicted octanol–water partition coefficient (Wildman–Crippen LogP) is 4.08. The maximum atomic E-state index is 14.2. The highest BCUT2D eigenvalue weighted by Gasteiger charge is 2.38. The maximum Gasteiger partial charge on any atom is 0.145 e. The minimum atomic E-state index is -0.323. The molecule has 1 aliphatic rings. The summed E-state index contributed by atoms with van der Waals surface area (Å²) in [6.45, 7) is 7.46. The largest absolute Gasteiger partial charge is 0.326 e. The van der Waals surface area contributed by atoms with Crippen LogP contribution >= 0.6 is 11.6 Å². The van der Waals surface area contributed by atoms with E-state index < -0.39 is 0 Å². The van der Waals surface area contributed by atoms with Crippen molar-refractivity contribution in [2.75, 3.05) is 6.54 Å². The van der Waals surface area contributed by atoms with Crippen LogP contribution in [0.2, 0.25) is 5.02 Å². The smallest absolute Gasteiger partial charge is 0.145 e. The van der Waals surface area contributed by atoms with Crippen molar-refractivity contribution < 1.29 is 4.39 Å². The summed E-state index contributed by atoms with van der Waals surface area (Å²) in [6, 6.07) is 5.34. The molecule has 21 heavy (non-hydrogen) atoms. The molecule has 1 saturated heterocycles. The zero-order valence-electron chi connectivity index (χ0n) is 13.1. The van der Waals surface area contributed by atoms with Gasteiger partial charge in [-0.15, -0.1) is 0 Å². The van der Waals surface area contributed by atoms with Crippen LogP contribution in [0.1, 0.15) is 51.5 Å². The van der Waals surface area contributed by atoms with Crippen molar-refractivity contribution in [3.63, 3.8) is 0 Å². The molecule has 0 aromatic heterocycles. The lowest BCUT2D eigenvalue weighted by Gasteiger charge is -2.32. The Labute approximate surface area is 132 Å². The summed E-state index contributed by atoms with van der Waals surface area (Å²) in [5, 5.41) is 3.67. The monoisotopic (exact) mass is 312 g/mol. The second kappa shape index (κ2) is 6.64. The summed E-state index contributed by atoms with van der Waals surface area (Å²) in [7, 11) is 0. The summed E-state index contributed by atoms with van der Waals surface area (Å²) in [5.74, 6) is -0.331. The van der Waals surface area contributed by atoms with Crippen LogP contribution < -0.4 is 11.1 Å². The Kier molecular flexibility index (Phi) is 5.29. The number of rotatable bonds is 5. The summed E-state index contributed by atoms with van der Waals surface area (Å²) in [5.41, 5.74) is 7.35. The van der Waals surface area contributed by atoms with E-state index in [0.29, 0.717) is 12.1 Å². The number of halogens is 2. The molecule has 118 valence electrons. The third-order valence-electron chi connectivity index (χ3n) is 5.33. The van der Waals surface area contributed by atoms with E-state index in [2.05, 4.69) is 26.1 Å². The highest BCUT2D eigenvalue weighted by molar-refractivity contribution is 6.30. The summed E-state index contributed by atoms with van der Waals surface area (Å²) >= 11 is 5.89. The topological polar surface area (TPSA) is 38.0 Å². The highest BCUT2D eigenvalue weighted by atomic mass is 35.5. The Balaban J connectivity index is 2.15. The molecule has 1 fully saturated rings. The zero-order valence-corrected chi connectivity index (χ0v) is 13.9. The molecule has 0 radical (unpaired) electrons. The van der Waals surface area contributed by atoms with Gasteiger partial charge in [-0.1, -0.05) is 57.3 Å². The van der Waals surface area contributed by atoms with Crippen LogP contribution in [-0.2, 0) is 0 Å². The molecule has 0 aliphatic carbocycles. The van der Waals surface area contributed by atoms with Crippen LogP contribution in [0.5, 0.6) is 0 Å². The first-order valence-corrected chi connectivity index (χ1v) is 8.22. The Morgan fingerprint density at radius 3 is 2.67 bits per heavy atom. The van der Waals surface area contributed by atoms with Crippen molar-refractivity contribution in [3.8, 4) is 0 Å². The Hall–Kier alpha value is -0.640. The number of nitrogens with one attached hydrogen (secondary N) is 1. The van der Waals surface area contributed by atoms with Crippen LogP contribution in [0, 0.1) is 11.2 Å². The van der Waals surface area contributed by atoms with E-state index in [1.54, 1.807) is 18.2 Å². The van der Waals surface area contributed by atoms with Crippen LogP contribution in [0.15, 0.2) is 18.2 Å². The molecule has 0 amide bonds. The van der Waals surface area contributed by atoms with Gasteiger partial charge in [0.15, 0.2) is 0 Å². The van der Waals surface area contributed by atoms with Gasteiger partial charge in [-0.05, 0) is 23.5 Å². The number of hydrogen-bond donors (Lipinski definition) is 2. The van der Waals surface area contributed by atoms with Crippen LogP contribution in [0.25, 0.3) is 0 Å². The van der Waals surface area contributed by atoms with Gasteiger partial charge in [0.05, 0.1) is 5.02 Å². The third-order valence-corrected chi connectivity index (χ3v) is 5.62. The van der Waals surface area contributed by atoms with Gasteiger partial charge in [0.1, 0.15) is 5.82 Å². The second-order valence-corrected chi connectivity index (χ2v) is 6.97. The van der Waals surface area contributed by atoms with Gasteiger partial charge >= 0.3 is 0 Å². The van der Waals surface area contributed by atoms with E-state index in [9.17, 15) is 4.39 Å². The lowest BCUT2D eigenvalue weighted by atomic mass is 9.76. The summed E-state index contributed by atoms with van der Waals surface area (Å²) in [6.07, 6.45) is 3.29. The molecule has 0 bridgehead atoms. The summed E-state index contributed by atoms with van der Waals surface area (Å²) in [4.78, 5) is 0.